The third-order valence-electron chi connectivity index (χ3n) is 9.95. The molecule has 0 amide bonds. The van der Waals surface area contributed by atoms with Gasteiger partial charge in [-0.2, -0.15) is 0 Å². The van der Waals surface area contributed by atoms with Gasteiger partial charge in [0.15, 0.2) is 6.10 Å². The first kappa shape index (κ1) is 56.3. The van der Waals surface area contributed by atoms with E-state index < -0.39 is 6.10 Å². The highest BCUT2D eigenvalue weighted by atomic mass is 16.6. The van der Waals surface area contributed by atoms with Gasteiger partial charge in [0, 0.05) is 19.3 Å². The van der Waals surface area contributed by atoms with Gasteiger partial charge in [-0.15, -0.1) is 0 Å². The number of ether oxygens (including phenoxy) is 3. The van der Waals surface area contributed by atoms with Crippen LogP contribution in [0.2, 0.25) is 0 Å². The molecule has 0 aliphatic rings. The summed E-state index contributed by atoms with van der Waals surface area (Å²) in [6.07, 6.45) is 62.5. The van der Waals surface area contributed by atoms with Crippen molar-refractivity contribution in [3.05, 3.63) is 97.2 Å². The number of hydrogen-bond acceptors (Lipinski definition) is 6. The van der Waals surface area contributed by atoms with Gasteiger partial charge in [-0.1, -0.05) is 201 Å². The van der Waals surface area contributed by atoms with Crippen LogP contribution in [0.3, 0.4) is 0 Å². The predicted octanol–water partition coefficient (Wildman–Crippen LogP) is 15.8. The molecule has 0 spiro atoms. The molecule has 0 bridgehead atoms. The number of unbranched alkanes of at least 4 members (excludes halogenated alkanes) is 20. The van der Waals surface area contributed by atoms with Gasteiger partial charge in [0.1, 0.15) is 13.2 Å². The average Bonchev–Trinajstić information content (AvgIpc) is 3.24. The van der Waals surface area contributed by atoms with Crippen molar-refractivity contribution in [3.8, 4) is 0 Å². The largest absolute Gasteiger partial charge is 0.462 e. The normalized spacial score (nSPS) is 12.9. The van der Waals surface area contributed by atoms with Crippen LogP contribution in [0.15, 0.2) is 97.2 Å². The van der Waals surface area contributed by atoms with E-state index in [1.165, 1.54) is 64.2 Å². The Bertz CT molecular complexity index is 1230. The van der Waals surface area contributed by atoms with Crippen LogP contribution in [-0.4, -0.2) is 37.2 Å². The highest BCUT2D eigenvalue weighted by molar-refractivity contribution is 5.71. The van der Waals surface area contributed by atoms with Crippen LogP contribution in [-0.2, 0) is 28.6 Å². The third kappa shape index (κ3) is 45.4. The topological polar surface area (TPSA) is 78.9 Å². The lowest BCUT2D eigenvalue weighted by molar-refractivity contribution is -0.167. The number of rotatable bonds is 42. The molecule has 0 aromatic heterocycles. The Kier molecular flexibility index (Phi) is 45.1. The van der Waals surface area contributed by atoms with E-state index in [1.54, 1.807) is 0 Å². The lowest BCUT2D eigenvalue weighted by Crippen LogP contribution is -2.30. The van der Waals surface area contributed by atoms with Crippen molar-refractivity contribution >= 4 is 17.9 Å². The summed E-state index contributed by atoms with van der Waals surface area (Å²) in [6, 6.07) is 0. The Morgan fingerprint density at radius 2 is 0.683 bits per heavy atom. The molecular weight excluding hydrogens is 745 g/mol. The second-order valence-corrected chi connectivity index (χ2v) is 15.8. The van der Waals surface area contributed by atoms with Crippen molar-refractivity contribution in [3.63, 3.8) is 0 Å². The summed E-state index contributed by atoms with van der Waals surface area (Å²) in [6.45, 7) is 6.36. The molecule has 0 saturated heterocycles. The highest BCUT2D eigenvalue weighted by Gasteiger charge is 2.19. The molecule has 6 heteroatoms. The van der Waals surface area contributed by atoms with Gasteiger partial charge >= 0.3 is 17.9 Å². The number of allylic oxidation sites excluding steroid dienone is 16. The molecule has 0 heterocycles. The first-order valence-corrected chi connectivity index (χ1v) is 24.3. The molecule has 0 N–H and O–H groups in total. The van der Waals surface area contributed by atoms with Crippen LogP contribution >= 0.6 is 0 Å². The molecule has 60 heavy (non-hydrogen) atoms. The van der Waals surface area contributed by atoms with Gasteiger partial charge in [0.25, 0.3) is 0 Å². The monoisotopic (exact) mass is 833 g/mol. The van der Waals surface area contributed by atoms with Crippen LogP contribution in [0.4, 0.5) is 0 Å². The fourth-order valence-electron chi connectivity index (χ4n) is 6.28. The molecule has 0 aliphatic carbocycles. The quantitative estimate of drug-likeness (QED) is 0.0200. The van der Waals surface area contributed by atoms with Crippen molar-refractivity contribution in [2.75, 3.05) is 13.2 Å². The maximum atomic E-state index is 12.7. The zero-order chi connectivity index (χ0) is 43.7. The third-order valence-corrected chi connectivity index (χ3v) is 9.95. The molecule has 1 unspecified atom stereocenters. The Hall–Kier alpha value is -3.67. The molecule has 0 aliphatic heterocycles. The number of hydrogen-bond donors (Lipinski definition) is 0. The maximum Gasteiger partial charge on any atom is 0.306 e. The molecule has 1 atom stereocenters. The fourth-order valence-corrected chi connectivity index (χ4v) is 6.28. The Balaban J connectivity index is 4.45. The van der Waals surface area contributed by atoms with E-state index in [0.29, 0.717) is 25.7 Å². The second kappa shape index (κ2) is 48.0. The summed E-state index contributed by atoms with van der Waals surface area (Å²) >= 11 is 0. The molecule has 0 rings (SSSR count). The first-order valence-electron chi connectivity index (χ1n) is 24.3. The van der Waals surface area contributed by atoms with Crippen LogP contribution in [0.1, 0.15) is 207 Å². The number of carbonyl (C=O) groups excluding carboxylic acids is 3. The summed E-state index contributed by atoms with van der Waals surface area (Å²) in [5, 5.41) is 0. The van der Waals surface area contributed by atoms with Crippen molar-refractivity contribution in [2.45, 2.75) is 213 Å². The molecule has 0 aromatic rings. The van der Waals surface area contributed by atoms with Crippen molar-refractivity contribution in [1.29, 1.82) is 0 Å². The predicted molar refractivity (Wildman–Crippen MR) is 256 cm³/mol. The van der Waals surface area contributed by atoms with E-state index in [4.69, 9.17) is 14.2 Å². The standard InChI is InChI=1S/C54H88O6/c1-4-7-10-13-16-19-21-23-25-26-27-29-30-32-35-38-41-44-47-53(56)59-50-51(49-58-52(55)46-43-40-37-34-18-15-12-9-6-3)60-54(57)48-45-42-39-36-33-31-28-24-22-20-17-14-11-8-5-2/h8,11,14,16-17,19-23,25-27,29,34,37,51H,4-7,9-10,12-13,15,18,24,28,30-33,35-36,38-50H2,1-3H3/b11-8-,17-14-,19-16-,22-20-,23-21-,26-25-,29-27-,37-34-. The van der Waals surface area contributed by atoms with Crippen molar-refractivity contribution in [1.82, 2.24) is 0 Å². The van der Waals surface area contributed by atoms with E-state index >= 15 is 0 Å². The minimum atomic E-state index is -0.804. The van der Waals surface area contributed by atoms with Crippen LogP contribution in [0, 0.1) is 0 Å². The molecule has 0 radical (unpaired) electrons. The Morgan fingerprint density at radius 1 is 0.350 bits per heavy atom. The van der Waals surface area contributed by atoms with E-state index in [2.05, 4.69) is 118 Å². The molecule has 340 valence electrons. The van der Waals surface area contributed by atoms with Crippen molar-refractivity contribution in [2.24, 2.45) is 0 Å². The minimum Gasteiger partial charge on any atom is -0.462 e. The lowest BCUT2D eigenvalue weighted by atomic mass is 10.1. The van der Waals surface area contributed by atoms with E-state index in [9.17, 15) is 14.4 Å². The van der Waals surface area contributed by atoms with Gasteiger partial charge in [-0.05, 0) is 83.5 Å². The van der Waals surface area contributed by atoms with Gasteiger partial charge in [0.2, 0.25) is 0 Å². The molecular formula is C54H88O6. The summed E-state index contributed by atoms with van der Waals surface area (Å²) in [5.41, 5.74) is 0. The zero-order valence-electron chi connectivity index (χ0n) is 38.7. The van der Waals surface area contributed by atoms with Gasteiger partial charge < -0.3 is 14.2 Å². The summed E-state index contributed by atoms with van der Waals surface area (Å²) < 4.78 is 16.7. The van der Waals surface area contributed by atoms with E-state index in [0.717, 1.165) is 96.3 Å². The minimum absolute atomic E-state index is 0.105. The van der Waals surface area contributed by atoms with Crippen molar-refractivity contribution < 1.29 is 28.6 Å². The van der Waals surface area contributed by atoms with Gasteiger partial charge in [-0.3, -0.25) is 14.4 Å². The highest BCUT2D eigenvalue weighted by Crippen LogP contribution is 2.13. The fraction of sp³-hybridized carbons (Fsp3) is 0.648. The lowest BCUT2D eigenvalue weighted by Gasteiger charge is -2.18. The SMILES string of the molecule is CC\C=C/C=C\C=C/CCCCCCCCCC(=O)OC(COC(=O)CCC/C=C\CCCCCC)COC(=O)CCCCCCC\C=C/C=C\C=C/C=C\CCCCC. The van der Waals surface area contributed by atoms with Crippen LogP contribution in [0.5, 0.6) is 0 Å². The second-order valence-electron chi connectivity index (χ2n) is 15.8. The summed E-state index contributed by atoms with van der Waals surface area (Å²) in [7, 11) is 0. The van der Waals surface area contributed by atoms with Gasteiger partial charge in [0.05, 0.1) is 0 Å². The first-order chi connectivity index (χ1) is 29.5. The van der Waals surface area contributed by atoms with Crippen LogP contribution in [0.25, 0.3) is 0 Å². The summed E-state index contributed by atoms with van der Waals surface area (Å²) in [4.78, 5) is 37.8. The average molecular weight is 833 g/mol. The molecule has 6 nitrogen and oxygen atoms in total. The van der Waals surface area contributed by atoms with E-state index in [1.807, 2.05) is 0 Å². The molecule has 0 saturated carbocycles. The van der Waals surface area contributed by atoms with Crippen LogP contribution < -0.4 is 0 Å². The van der Waals surface area contributed by atoms with E-state index in [-0.39, 0.29) is 31.1 Å². The smallest absolute Gasteiger partial charge is 0.306 e. The zero-order valence-corrected chi connectivity index (χ0v) is 38.7. The Labute approximate surface area is 368 Å². The number of esters is 3. The van der Waals surface area contributed by atoms with Gasteiger partial charge in [-0.25, -0.2) is 0 Å². The number of carbonyl (C=O) groups is 3. The molecule has 0 aromatic carbocycles. The summed E-state index contributed by atoms with van der Waals surface area (Å²) in [5.74, 6) is -0.981. The Morgan fingerprint density at radius 3 is 1.17 bits per heavy atom. The molecule has 0 fully saturated rings. The maximum absolute atomic E-state index is 12.7.